The lowest BCUT2D eigenvalue weighted by atomic mass is 9.91. The number of hydrogen-bond acceptors (Lipinski definition) is 2. The fraction of sp³-hybridized carbons (Fsp3) is 0.889. The zero-order valence-electron chi connectivity index (χ0n) is 7.47. The van der Waals surface area contributed by atoms with Gasteiger partial charge in [0.2, 0.25) is 0 Å². The maximum atomic E-state index is 8.44. The van der Waals surface area contributed by atoms with Crippen LogP contribution >= 0.6 is 0 Å². The molecule has 0 aromatic carbocycles. The molecule has 64 valence electrons. The SMILES string of the molecule is COC.N#CC1CCCCC1. The fourth-order valence-electron chi connectivity index (χ4n) is 1.23. The van der Waals surface area contributed by atoms with Crippen molar-refractivity contribution in [3.05, 3.63) is 0 Å². The van der Waals surface area contributed by atoms with Crippen molar-refractivity contribution in [2.24, 2.45) is 5.92 Å². The van der Waals surface area contributed by atoms with Gasteiger partial charge in [0.05, 0.1) is 6.07 Å². The number of ether oxygens (including phenoxy) is 1. The second-order valence-electron chi connectivity index (χ2n) is 2.87. The Bertz CT molecular complexity index is 111. The van der Waals surface area contributed by atoms with Crippen LogP contribution < -0.4 is 0 Å². The number of nitriles is 1. The Labute approximate surface area is 69.2 Å². The zero-order chi connectivity index (χ0) is 8.53. The summed E-state index contributed by atoms with van der Waals surface area (Å²) in [6, 6.07) is 2.30. The predicted octanol–water partition coefficient (Wildman–Crippen LogP) is 2.35. The van der Waals surface area contributed by atoms with Crippen molar-refractivity contribution >= 4 is 0 Å². The molecule has 0 aromatic rings. The van der Waals surface area contributed by atoms with Crippen LogP contribution in [-0.4, -0.2) is 14.2 Å². The van der Waals surface area contributed by atoms with Gasteiger partial charge < -0.3 is 4.74 Å². The molecule has 0 atom stereocenters. The first-order chi connectivity index (χ1) is 5.35. The Hall–Kier alpha value is -0.550. The Kier molecular flexibility index (Phi) is 7.18. The second kappa shape index (κ2) is 7.56. The molecule has 0 aliphatic heterocycles. The van der Waals surface area contributed by atoms with Crippen molar-refractivity contribution in [1.29, 1.82) is 5.26 Å². The van der Waals surface area contributed by atoms with E-state index in [0.29, 0.717) is 5.92 Å². The summed E-state index contributed by atoms with van der Waals surface area (Å²) < 4.78 is 4.25. The molecule has 0 amide bonds. The molecular weight excluding hydrogens is 138 g/mol. The zero-order valence-corrected chi connectivity index (χ0v) is 7.47. The van der Waals surface area contributed by atoms with Crippen LogP contribution in [0, 0.1) is 17.2 Å². The Balaban J connectivity index is 0.000000292. The third-order valence-electron chi connectivity index (χ3n) is 1.79. The minimum atomic E-state index is 0.392. The second-order valence-corrected chi connectivity index (χ2v) is 2.87. The first-order valence-corrected chi connectivity index (χ1v) is 4.15. The molecule has 0 bridgehead atoms. The smallest absolute Gasteiger partial charge is 0.0655 e. The average Bonchev–Trinajstić information content (AvgIpc) is 2.08. The molecule has 2 nitrogen and oxygen atoms in total. The monoisotopic (exact) mass is 155 g/mol. The quantitative estimate of drug-likeness (QED) is 0.538. The molecule has 0 N–H and O–H groups in total. The van der Waals surface area contributed by atoms with Crippen LogP contribution in [0.25, 0.3) is 0 Å². The van der Waals surface area contributed by atoms with Gasteiger partial charge in [0, 0.05) is 20.1 Å². The van der Waals surface area contributed by atoms with Crippen LogP contribution in [0.1, 0.15) is 32.1 Å². The van der Waals surface area contributed by atoms with Crippen molar-refractivity contribution in [2.75, 3.05) is 14.2 Å². The molecule has 1 aliphatic carbocycles. The maximum Gasteiger partial charge on any atom is 0.0655 e. The molecule has 11 heavy (non-hydrogen) atoms. The molecule has 1 saturated carbocycles. The normalized spacial score (nSPS) is 17.9. The van der Waals surface area contributed by atoms with Gasteiger partial charge in [-0.05, 0) is 12.8 Å². The highest BCUT2D eigenvalue weighted by atomic mass is 16.4. The Morgan fingerprint density at radius 2 is 1.64 bits per heavy atom. The van der Waals surface area contributed by atoms with Crippen molar-refractivity contribution in [3.63, 3.8) is 0 Å². The number of hydrogen-bond donors (Lipinski definition) is 0. The molecule has 1 fully saturated rings. The third kappa shape index (κ3) is 5.87. The highest BCUT2D eigenvalue weighted by Gasteiger charge is 2.10. The molecule has 0 radical (unpaired) electrons. The lowest BCUT2D eigenvalue weighted by Gasteiger charge is -2.13. The lowest BCUT2D eigenvalue weighted by molar-refractivity contribution is 0.277. The van der Waals surface area contributed by atoms with Gasteiger partial charge in [-0.3, -0.25) is 0 Å². The van der Waals surface area contributed by atoms with Crippen molar-refractivity contribution in [2.45, 2.75) is 32.1 Å². The van der Waals surface area contributed by atoms with Gasteiger partial charge in [-0.25, -0.2) is 0 Å². The molecule has 1 aliphatic rings. The highest BCUT2D eigenvalue weighted by Crippen LogP contribution is 2.22. The van der Waals surface area contributed by atoms with Gasteiger partial charge in [-0.15, -0.1) is 0 Å². The van der Waals surface area contributed by atoms with Crippen LogP contribution in [0.5, 0.6) is 0 Å². The van der Waals surface area contributed by atoms with Crippen LogP contribution in [0.15, 0.2) is 0 Å². The van der Waals surface area contributed by atoms with E-state index < -0.39 is 0 Å². The molecule has 0 saturated heterocycles. The van der Waals surface area contributed by atoms with E-state index in [1.165, 1.54) is 19.3 Å². The first kappa shape index (κ1) is 10.4. The largest absolute Gasteiger partial charge is 0.388 e. The minimum Gasteiger partial charge on any atom is -0.388 e. The van der Waals surface area contributed by atoms with E-state index in [0.717, 1.165) is 12.8 Å². The summed E-state index contributed by atoms with van der Waals surface area (Å²) in [5.41, 5.74) is 0. The molecule has 2 heteroatoms. The van der Waals surface area contributed by atoms with Crippen molar-refractivity contribution < 1.29 is 4.74 Å². The van der Waals surface area contributed by atoms with E-state index in [-0.39, 0.29) is 0 Å². The van der Waals surface area contributed by atoms with Crippen molar-refractivity contribution in [3.8, 4) is 6.07 Å². The summed E-state index contributed by atoms with van der Waals surface area (Å²) in [7, 11) is 3.25. The summed E-state index contributed by atoms with van der Waals surface area (Å²) >= 11 is 0. The molecule has 0 spiro atoms. The van der Waals surface area contributed by atoms with Gasteiger partial charge in [0.25, 0.3) is 0 Å². The van der Waals surface area contributed by atoms with E-state index in [4.69, 9.17) is 5.26 Å². The molecule has 0 aromatic heterocycles. The molecule has 0 unspecified atom stereocenters. The fourth-order valence-corrected chi connectivity index (χ4v) is 1.23. The van der Waals surface area contributed by atoms with E-state index in [2.05, 4.69) is 10.8 Å². The standard InChI is InChI=1S/C7H11N.C2H6O/c8-6-7-4-2-1-3-5-7;1-3-2/h7H,1-5H2;1-2H3. The summed E-state index contributed by atoms with van der Waals surface area (Å²) in [4.78, 5) is 0. The van der Waals surface area contributed by atoms with Crippen molar-refractivity contribution in [1.82, 2.24) is 0 Å². The maximum absolute atomic E-state index is 8.44. The van der Waals surface area contributed by atoms with Gasteiger partial charge >= 0.3 is 0 Å². The summed E-state index contributed by atoms with van der Waals surface area (Å²) in [6.07, 6.45) is 6.20. The van der Waals surface area contributed by atoms with E-state index in [9.17, 15) is 0 Å². The minimum absolute atomic E-state index is 0.392. The summed E-state index contributed by atoms with van der Waals surface area (Å²) in [5, 5.41) is 8.44. The Morgan fingerprint density at radius 3 is 1.91 bits per heavy atom. The molecule has 1 rings (SSSR count). The Morgan fingerprint density at radius 1 is 1.18 bits per heavy atom. The molecular formula is C9H17NO. The van der Waals surface area contributed by atoms with E-state index in [1.807, 2.05) is 0 Å². The number of rotatable bonds is 0. The van der Waals surface area contributed by atoms with Crippen LogP contribution in [0.4, 0.5) is 0 Å². The number of nitrogens with zero attached hydrogens (tertiary/aromatic N) is 1. The van der Waals surface area contributed by atoms with E-state index in [1.54, 1.807) is 14.2 Å². The van der Waals surface area contributed by atoms with Gasteiger partial charge in [-0.2, -0.15) is 5.26 Å². The van der Waals surface area contributed by atoms with Crippen LogP contribution in [0.3, 0.4) is 0 Å². The van der Waals surface area contributed by atoms with E-state index >= 15 is 0 Å². The van der Waals surface area contributed by atoms with Crippen LogP contribution in [0.2, 0.25) is 0 Å². The van der Waals surface area contributed by atoms with Gasteiger partial charge in [0.1, 0.15) is 0 Å². The molecule has 0 heterocycles. The average molecular weight is 155 g/mol. The summed E-state index contributed by atoms with van der Waals surface area (Å²) in [5.74, 6) is 0.392. The van der Waals surface area contributed by atoms with Gasteiger partial charge in [-0.1, -0.05) is 19.3 Å². The number of methoxy groups -OCH3 is 1. The predicted molar refractivity (Wildman–Crippen MR) is 45.1 cm³/mol. The highest BCUT2D eigenvalue weighted by molar-refractivity contribution is 4.84. The third-order valence-corrected chi connectivity index (χ3v) is 1.79. The van der Waals surface area contributed by atoms with Gasteiger partial charge in [0.15, 0.2) is 0 Å². The topological polar surface area (TPSA) is 33.0 Å². The van der Waals surface area contributed by atoms with Crippen LogP contribution in [-0.2, 0) is 4.74 Å². The first-order valence-electron chi connectivity index (χ1n) is 4.15. The summed E-state index contributed by atoms with van der Waals surface area (Å²) in [6.45, 7) is 0. The lowest BCUT2D eigenvalue weighted by Crippen LogP contribution is -2.02.